The molecular formula is C21H26FN3O2. The van der Waals surface area contributed by atoms with Crippen molar-refractivity contribution in [2.24, 2.45) is 17.6 Å². The number of hydrogen-bond donors (Lipinski definition) is 2. The molecule has 1 aromatic carbocycles. The molecule has 1 aliphatic carbocycles. The summed E-state index contributed by atoms with van der Waals surface area (Å²) in [5.41, 5.74) is 6.64. The highest BCUT2D eigenvalue weighted by atomic mass is 19.1. The summed E-state index contributed by atoms with van der Waals surface area (Å²) in [5.74, 6) is 0.179. The number of carbonyl (C=O) groups excluding carboxylic acids is 1. The fourth-order valence-electron chi connectivity index (χ4n) is 3.67. The third kappa shape index (κ3) is 5.26. The molecule has 0 radical (unpaired) electrons. The summed E-state index contributed by atoms with van der Waals surface area (Å²) in [5, 5.41) is 3.05. The Bertz CT molecular complexity index is 733. The molecule has 1 fully saturated rings. The number of pyridine rings is 1. The molecule has 0 unspecified atom stereocenters. The van der Waals surface area contributed by atoms with E-state index >= 15 is 0 Å². The van der Waals surface area contributed by atoms with E-state index in [1.165, 1.54) is 12.1 Å². The topological polar surface area (TPSA) is 77.2 Å². The van der Waals surface area contributed by atoms with Crippen LogP contribution in [0.4, 0.5) is 4.39 Å². The number of para-hydroxylation sites is 1. The first-order valence-electron chi connectivity index (χ1n) is 9.45. The highest BCUT2D eigenvalue weighted by Gasteiger charge is 2.30. The van der Waals surface area contributed by atoms with Crippen LogP contribution in [0.1, 0.15) is 37.4 Å². The van der Waals surface area contributed by atoms with Crippen molar-refractivity contribution in [3.63, 3.8) is 0 Å². The standard InChI is InChI=1S/C21H26FN3O2/c22-17-5-1-2-7-19(17)27-14-20(26)25-21(18-6-3-4-12-24-18)16-10-8-15(13-23)9-11-16/h1-7,12,15-16,21H,8-11,13-14,23H2,(H,25,26)/t15?,16?,21-/m0/s1. The molecule has 1 saturated carbocycles. The second kappa shape index (κ2) is 9.46. The number of benzene rings is 1. The summed E-state index contributed by atoms with van der Waals surface area (Å²) in [6.45, 7) is 0.478. The van der Waals surface area contributed by atoms with Gasteiger partial charge in [-0.05, 0) is 68.3 Å². The highest BCUT2D eigenvalue weighted by molar-refractivity contribution is 5.78. The van der Waals surface area contributed by atoms with Gasteiger partial charge < -0.3 is 15.8 Å². The van der Waals surface area contributed by atoms with Crippen LogP contribution in [-0.4, -0.2) is 24.0 Å². The summed E-state index contributed by atoms with van der Waals surface area (Å²) >= 11 is 0. The Morgan fingerprint density at radius 2 is 1.93 bits per heavy atom. The highest BCUT2D eigenvalue weighted by Crippen LogP contribution is 2.36. The fraction of sp³-hybridized carbons (Fsp3) is 0.429. The van der Waals surface area contributed by atoms with Gasteiger partial charge in [0.05, 0.1) is 11.7 Å². The monoisotopic (exact) mass is 371 g/mol. The molecule has 1 heterocycles. The van der Waals surface area contributed by atoms with Gasteiger partial charge in [0.15, 0.2) is 18.2 Å². The zero-order valence-electron chi connectivity index (χ0n) is 15.3. The lowest BCUT2D eigenvalue weighted by atomic mass is 9.77. The second-order valence-electron chi connectivity index (χ2n) is 7.04. The molecule has 5 nitrogen and oxygen atoms in total. The Hall–Kier alpha value is -2.47. The molecule has 2 aromatic rings. The van der Waals surface area contributed by atoms with Gasteiger partial charge in [0, 0.05) is 6.20 Å². The molecule has 1 aromatic heterocycles. The number of amides is 1. The van der Waals surface area contributed by atoms with Crippen molar-refractivity contribution >= 4 is 5.91 Å². The molecule has 0 spiro atoms. The quantitative estimate of drug-likeness (QED) is 0.783. The molecular weight excluding hydrogens is 345 g/mol. The Balaban J connectivity index is 1.64. The number of nitrogens with two attached hydrogens (primary N) is 1. The van der Waals surface area contributed by atoms with Crippen LogP contribution in [0, 0.1) is 17.7 Å². The van der Waals surface area contributed by atoms with Gasteiger partial charge in [0.1, 0.15) is 0 Å². The maximum absolute atomic E-state index is 13.7. The fourth-order valence-corrected chi connectivity index (χ4v) is 3.67. The van der Waals surface area contributed by atoms with Gasteiger partial charge in [-0.2, -0.15) is 0 Å². The number of nitrogens with one attached hydrogen (secondary N) is 1. The van der Waals surface area contributed by atoms with E-state index in [1.54, 1.807) is 18.3 Å². The van der Waals surface area contributed by atoms with Crippen molar-refractivity contribution < 1.29 is 13.9 Å². The van der Waals surface area contributed by atoms with E-state index in [0.717, 1.165) is 31.4 Å². The van der Waals surface area contributed by atoms with Crippen LogP contribution in [-0.2, 0) is 4.79 Å². The predicted molar refractivity (Wildman–Crippen MR) is 102 cm³/mol. The van der Waals surface area contributed by atoms with Gasteiger partial charge in [0.2, 0.25) is 0 Å². The van der Waals surface area contributed by atoms with Gasteiger partial charge in [-0.25, -0.2) is 4.39 Å². The minimum Gasteiger partial charge on any atom is -0.481 e. The van der Waals surface area contributed by atoms with Crippen molar-refractivity contribution in [2.75, 3.05) is 13.2 Å². The number of hydrogen-bond acceptors (Lipinski definition) is 4. The maximum atomic E-state index is 13.7. The average molecular weight is 371 g/mol. The van der Waals surface area contributed by atoms with Crippen LogP contribution in [0.25, 0.3) is 0 Å². The Labute approximate surface area is 159 Å². The first-order chi connectivity index (χ1) is 13.2. The summed E-state index contributed by atoms with van der Waals surface area (Å²) < 4.78 is 19.0. The van der Waals surface area contributed by atoms with Crippen molar-refractivity contribution in [2.45, 2.75) is 31.7 Å². The predicted octanol–water partition coefficient (Wildman–Crippen LogP) is 3.22. The lowest BCUT2D eigenvalue weighted by Crippen LogP contribution is -2.38. The lowest BCUT2D eigenvalue weighted by molar-refractivity contribution is -0.124. The maximum Gasteiger partial charge on any atom is 0.258 e. The molecule has 3 rings (SSSR count). The van der Waals surface area contributed by atoms with Gasteiger partial charge in [-0.1, -0.05) is 18.2 Å². The van der Waals surface area contributed by atoms with Gasteiger partial charge >= 0.3 is 0 Å². The average Bonchev–Trinajstić information content (AvgIpc) is 2.72. The molecule has 3 N–H and O–H groups in total. The van der Waals surface area contributed by atoms with Gasteiger partial charge in [0.25, 0.3) is 5.91 Å². The van der Waals surface area contributed by atoms with Gasteiger partial charge in [-0.3, -0.25) is 9.78 Å². The zero-order chi connectivity index (χ0) is 19.1. The van der Waals surface area contributed by atoms with Crippen LogP contribution >= 0.6 is 0 Å². The summed E-state index contributed by atoms with van der Waals surface area (Å²) in [4.78, 5) is 16.9. The van der Waals surface area contributed by atoms with Crippen LogP contribution in [0.15, 0.2) is 48.7 Å². The van der Waals surface area contributed by atoms with E-state index < -0.39 is 5.82 Å². The molecule has 144 valence electrons. The molecule has 1 aliphatic rings. The van der Waals surface area contributed by atoms with Crippen molar-refractivity contribution in [3.8, 4) is 5.75 Å². The summed E-state index contributed by atoms with van der Waals surface area (Å²) in [6, 6.07) is 11.6. The van der Waals surface area contributed by atoms with Crippen LogP contribution in [0.2, 0.25) is 0 Å². The number of ether oxygens (including phenoxy) is 1. The SMILES string of the molecule is NCC1CCC([C@H](NC(=O)COc2ccccc2F)c2ccccn2)CC1. The molecule has 0 bridgehead atoms. The van der Waals surface area contributed by atoms with Crippen molar-refractivity contribution in [1.29, 1.82) is 0 Å². The van der Waals surface area contributed by atoms with E-state index in [9.17, 15) is 9.18 Å². The lowest BCUT2D eigenvalue weighted by Gasteiger charge is -2.33. The number of nitrogens with zero attached hydrogens (tertiary/aromatic N) is 1. The number of halogens is 1. The Kier molecular flexibility index (Phi) is 6.76. The minimum atomic E-state index is -0.480. The Morgan fingerprint density at radius 3 is 2.59 bits per heavy atom. The second-order valence-corrected chi connectivity index (χ2v) is 7.04. The summed E-state index contributed by atoms with van der Waals surface area (Å²) in [7, 11) is 0. The zero-order valence-corrected chi connectivity index (χ0v) is 15.3. The van der Waals surface area contributed by atoms with Gasteiger partial charge in [-0.15, -0.1) is 0 Å². The largest absolute Gasteiger partial charge is 0.481 e. The molecule has 1 amide bonds. The van der Waals surface area contributed by atoms with Crippen LogP contribution in [0.5, 0.6) is 5.75 Å². The smallest absolute Gasteiger partial charge is 0.258 e. The molecule has 0 saturated heterocycles. The molecule has 0 aliphatic heterocycles. The number of aromatic nitrogens is 1. The van der Waals surface area contributed by atoms with Crippen LogP contribution in [0.3, 0.4) is 0 Å². The Morgan fingerprint density at radius 1 is 1.19 bits per heavy atom. The first-order valence-corrected chi connectivity index (χ1v) is 9.45. The van der Waals surface area contributed by atoms with E-state index in [-0.39, 0.29) is 24.3 Å². The van der Waals surface area contributed by atoms with Crippen molar-refractivity contribution in [3.05, 3.63) is 60.2 Å². The normalized spacial score (nSPS) is 20.7. The van der Waals surface area contributed by atoms with E-state index in [4.69, 9.17) is 10.5 Å². The van der Waals surface area contributed by atoms with Crippen molar-refractivity contribution in [1.82, 2.24) is 10.3 Å². The van der Waals surface area contributed by atoms with E-state index in [0.29, 0.717) is 18.4 Å². The van der Waals surface area contributed by atoms with Crippen LogP contribution < -0.4 is 15.8 Å². The number of carbonyl (C=O) groups is 1. The van der Waals surface area contributed by atoms with E-state index in [1.807, 2.05) is 18.2 Å². The third-order valence-electron chi connectivity index (χ3n) is 5.21. The third-order valence-corrected chi connectivity index (χ3v) is 5.21. The summed E-state index contributed by atoms with van der Waals surface area (Å²) in [6.07, 6.45) is 5.85. The molecule has 6 heteroatoms. The molecule has 1 atom stereocenters. The minimum absolute atomic E-state index is 0.0745. The van der Waals surface area contributed by atoms with E-state index in [2.05, 4.69) is 10.3 Å². The first kappa shape index (κ1) is 19.3. The number of rotatable bonds is 7. The molecule has 27 heavy (non-hydrogen) atoms.